The number of alkyl halides is 2. The fourth-order valence-electron chi connectivity index (χ4n) is 1.77. The highest BCUT2D eigenvalue weighted by Gasteiger charge is 2.16. The maximum atomic E-state index is 12.2. The van der Waals surface area contributed by atoms with Crippen molar-refractivity contribution in [3.63, 3.8) is 0 Å². The maximum absolute atomic E-state index is 12.2. The molecule has 0 radical (unpaired) electrons. The van der Waals surface area contributed by atoms with Crippen molar-refractivity contribution in [2.75, 3.05) is 0 Å². The van der Waals surface area contributed by atoms with E-state index in [1.54, 1.807) is 12.1 Å². The van der Waals surface area contributed by atoms with Crippen molar-refractivity contribution in [1.29, 1.82) is 0 Å². The summed E-state index contributed by atoms with van der Waals surface area (Å²) in [5, 5.41) is 1.27. The van der Waals surface area contributed by atoms with Gasteiger partial charge in [-0.05, 0) is 12.0 Å². The maximum Gasteiger partial charge on any atom is 0.387 e. The molecule has 0 fully saturated rings. The average molecular weight is 260 g/mol. The van der Waals surface area contributed by atoms with Gasteiger partial charge in [0.25, 0.3) is 0 Å². The molecule has 5 heteroatoms. The topological polar surface area (TPSA) is 25.0 Å². The highest BCUT2D eigenvalue weighted by atomic mass is 35.5. The number of hydrogen-bond acceptors (Lipinski definition) is 1. The quantitative estimate of drug-likeness (QED) is 0.860. The summed E-state index contributed by atoms with van der Waals surface area (Å²) in [7, 11) is 0. The van der Waals surface area contributed by atoms with Gasteiger partial charge in [-0.15, -0.1) is 0 Å². The summed E-state index contributed by atoms with van der Waals surface area (Å²) < 4.78 is 28.9. The molecule has 0 aliphatic carbocycles. The SMILES string of the molecule is CC(C)c1[nH]c2c(OC(F)F)cccc2c1Cl. The predicted molar refractivity (Wildman–Crippen MR) is 64.0 cm³/mol. The minimum Gasteiger partial charge on any atom is -0.433 e. The van der Waals surface area contributed by atoms with Crippen LogP contribution in [0, 0.1) is 0 Å². The first-order chi connectivity index (χ1) is 8.00. The lowest BCUT2D eigenvalue weighted by atomic mass is 10.1. The number of nitrogens with one attached hydrogen (secondary N) is 1. The van der Waals surface area contributed by atoms with Gasteiger partial charge in [-0.1, -0.05) is 37.6 Å². The van der Waals surface area contributed by atoms with Crippen molar-refractivity contribution in [1.82, 2.24) is 4.98 Å². The van der Waals surface area contributed by atoms with Gasteiger partial charge in [0.2, 0.25) is 0 Å². The second kappa shape index (κ2) is 4.53. The number of fused-ring (bicyclic) bond motifs is 1. The number of para-hydroxylation sites is 1. The first-order valence-corrected chi connectivity index (χ1v) is 5.63. The summed E-state index contributed by atoms with van der Waals surface area (Å²) in [6.07, 6.45) is 0. The molecule has 92 valence electrons. The van der Waals surface area contributed by atoms with Crippen molar-refractivity contribution in [3.05, 3.63) is 28.9 Å². The van der Waals surface area contributed by atoms with Crippen LogP contribution in [0.1, 0.15) is 25.5 Å². The van der Waals surface area contributed by atoms with Crippen LogP contribution < -0.4 is 4.74 Å². The van der Waals surface area contributed by atoms with Crippen LogP contribution in [0.5, 0.6) is 5.75 Å². The molecule has 0 aliphatic rings. The summed E-state index contributed by atoms with van der Waals surface area (Å²) in [5.41, 5.74) is 1.34. The summed E-state index contributed by atoms with van der Waals surface area (Å²) in [6, 6.07) is 4.91. The Hall–Kier alpha value is -1.29. The smallest absolute Gasteiger partial charge is 0.387 e. The normalized spacial score (nSPS) is 11.7. The van der Waals surface area contributed by atoms with E-state index in [1.165, 1.54) is 6.07 Å². The Morgan fingerprint density at radius 2 is 2.00 bits per heavy atom. The summed E-state index contributed by atoms with van der Waals surface area (Å²) >= 11 is 6.19. The number of rotatable bonds is 3. The van der Waals surface area contributed by atoms with Gasteiger partial charge in [-0.3, -0.25) is 0 Å². The number of benzene rings is 1. The van der Waals surface area contributed by atoms with Crippen molar-refractivity contribution >= 4 is 22.5 Å². The van der Waals surface area contributed by atoms with Crippen LogP contribution in [-0.4, -0.2) is 11.6 Å². The first kappa shape index (κ1) is 12.2. The molecule has 1 N–H and O–H groups in total. The van der Waals surface area contributed by atoms with E-state index in [-0.39, 0.29) is 11.7 Å². The van der Waals surface area contributed by atoms with Crippen molar-refractivity contribution in [3.8, 4) is 5.75 Å². The fraction of sp³-hybridized carbons (Fsp3) is 0.333. The Kier molecular flexibility index (Phi) is 3.24. The molecule has 0 bridgehead atoms. The van der Waals surface area contributed by atoms with Crippen LogP contribution >= 0.6 is 11.6 Å². The van der Waals surface area contributed by atoms with Gasteiger partial charge in [0.05, 0.1) is 10.5 Å². The fourth-order valence-corrected chi connectivity index (χ4v) is 2.19. The second-order valence-electron chi connectivity index (χ2n) is 4.06. The second-order valence-corrected chi connectivity index (χ2v) is 4.44. The van der Waals surface area contributed by atoms with Gasteiger partial charge in [0.1, 0.15) is 5.75 Å². The van der Waals surface area contributed by atoms with Gasteiger partial charge in [-0.2, -0.15) is 8.78 Å². The monoisotopic (exact) mass is 259 g/mol. The Morgan fingerprint density at radius 3 is 2.59 bits per heavy atom. The lowest BCUT2D eigenvalue weighted by Gasteiger charge is -2.05. The molecule has 0 saturated heterocycles. The third kappa shape index (κ3) is 2.22. The first-order valence-electron chi connectivity index (χ1n) is 5.25. The predicted octanol–water partition coefficient (Wildman–Crippen LogP) is 4.55. The van der Waals surface area contributed by atoms with Crippen LogP contribution in [0.2, 0.25) is 5.02 Å². The van der Waals surface area contributed by atoms with Crippen LogP contribution in [0.3, 0.4) is 0 Å². The van der Waals surface area contributed by atoms with E-state index in [0.717, 1.165) is 5.69 Å². The summed E-state index contributed by atoms with van der Waals surface area (Å²) in [5.74, 6) is 0.306. The van der Waals surface area contributed by atoms with Crippen molar-refractivity contribution in [2.24, 2.45) is 0 Å². The van der Waals surface area contributed by atoms with E-state index in [1.807, 2.05) is 13.8 Å². The van der Waals surface area contributed by atoms with E-state index >= 15 is 0 Å². The molecule has 0 aliphatic heterocycles. The number of ether oxygens (including phenoxy) is 1. The van der Waals surface area contributed by atoms with Crippen LogP contribution in [-0.2, 0) is 0 Å². The summed E-state index contributed by atoms with van der Waals surface area (Å²) in [4.78, 5) is 3.05. The number of H-pyrrole nitrogens is 1. The summed E-state index contributed by atoms with van der Waals surface area (Å²) in [6.45, 7) is 1.11. The molecule has 1 heterocycles. The zero-order chi connectivity index (χ0) is 12.6. The molecular formula is C12H12ClF2NO. The van der Waals surface area contributed by atoms with E-state index in [2.05, 4.69) is 9.72 Å². The molecule has 1 aromatic heterocycles. The van der Waals surface area contributed by atoms with E-state index in [0.29, 0.717) is 15.9 Å². The molecule has 0 saturated carbocycles. The highest BCUT2D eigenvalue weighted by Crippen LogP contribution is 2.36. The van der Waals surface area contributed by atoms with Crippen molar-refractivity contribution < 1.29 is 13.5 Å². The molecular weight excluding hydrogens is 248 g/mol. The largest absolute Gasteiger partial charge is 0.433 e. The zero-order valence-corrected chi connectivity index (χ0v) is 10.2. The molecule has 0 unspecified atom stereocenters. The number of hydrogen-bond donors (Lipinski definition) is 1. The zero-order valence-electron chi connectivity index (χ0n) is 9.43. The van der Waals surface area contributed by atoms with E-state index in [4.69, 9.17) is 11.6 Å². The molecule has 0 amide bonds. The minimum absolute atomic E-state index is 0.117. The molecule has 0 atom stereocenters. The standard InChI is InChI=1S/C12H12ClF2NO/c1-6(2)10-9(13)7-4-3-5-8(11(7)16-10)17-12(14)15/h3-6,12,16H,1-2H3. The highest BCUT2D eigenvalue weighted by molar-refractivity contribution is 6.36. The molecule has 17 heavy (non-hydrogen) atoms. The van der Waals surface area contributed by atoms with Gasteiger partial charge in [0.15, 0.2) is 0 Å². The molecule has 2 rings (SSSR count). The Balaban J connectivity index is 2.60. The number of aromatic amines is 1. The van der Waals surface area contributed by atoms with E-state index in [9.17, 15) is 8.78 Å². The molecule has 2 aromatic rings. The van der Waals surface area contributed by atoms with Crippen molar-refractivity contribution in [2.45, 2.75) is 26.4 Å². The number of halogens is 3. The average Bonchev–Trinajstić information content (AvgIpc) is 2.57. The van der Waals surface area contributed by atoms with Crippen LogP contribution in [0.25, 0.3) is 10.9 Å². The Bertz CT molecular complexity index is 537. The molecule has 2 nitrogen and oxygen atoms in total. The third-order valence-corrected chi connectivity index (χ3v) is 2.96. The lowest BCUT2D eigenvalue weighted by Crippen LogP contribution is -2.02. The van der Waals surface area contributed by atoms with Gasteiger partial charge >= 0.3 is 6.61 Å². The third-order valence-electron chi connectivity index (χ3n) is 2.55. The molecule has 1 aromatic carbocycles. The number of aromatic nitrogens is 1. The van der Waals surface area contributed by atoms with Gasteiger partial charge < -0.3 is 9.72 Å². The molecule has 0 spiro atoms. The van der Waals surface area contributed by atoms with Crippen LogP contribution in [0.4, 0.5) is 8.78 Å². The van der Waals surface area contributed by atoms with Gasteiger partial charge in [-0.25, -0.2) is 0 Å². The van der Waals surface area contributed by atoms with Crippen LogP contribution in [0.15, 0.2) is 18.2 Å². The Morgan fingerprint density at radius 1 is 1.29 bits per heavy atom. The lowest BCUT2D eigenvalue weighted by molar-refractivity contribution is -0.0489. The van der Waals surface area contributed by atoms with Gasteiger partial charge in [0, 0.05) is 11.1 Å². The Labute approximate surface area is 103 Å². The minimum atomic E-state index is -2.84. The van der Waals surface area contributed by atoms with E-state index < -0.39 is 6.61 Å².